The van der Waals surface area contributed by atoms with Crippen LogP contribution in [0.4, 0.5) is 5.69 Å². The second-order valence-electron chi connectivity index (χ2n) is 6.73. The molecule has 6 nitrogen and oxygen atoms in total. The number of hydrogen-bond donors (Lipinski definition) is 1. The van der Waals surface area contributed by atoms with Crippen LogP contribution in [-0.2, 0) is 27.9 Å². The van der Waals surface area contributed by atoms with E-state index in [9.17, 15) is 13.2 Å². The van der Waals surface area contributed by atoms with Crippen molar-refractivity contribution in [3.8, 4) is 0 Å². The summed E-state index contributed by atoms with van der Waals surface area (Å²) < 4.78 is 33.0. The summed E-state index contributed by atoms with van der Waals surface area (Å²) in [5.41, 5.74) is 8.04. The number of nitrogens with two attached hydrogens (primary N) is 1. The Labute approximate surface area is 177 Å². The van der Waals surface area contributed by atoms with Crippen LogP contribution in [0.15, 0.2) is 84.9 Å². The Morgan fingerprint density at radius 1 is 0.833 bits per heavy atom. The van der Waals surface area contributed by atoms with Crippen molar-refractivity contribution in [1.29, 1.82) is 0 Å². The van der Waals surface area contributed by atoms with E-state index in [0.717, 1.165) is 11.1 Å². The number of Topliss-reactive ketones (excluding diaryl/α,β-unsaturated/α-hetero) is 1. The van der Waals surface area contributed by atoms with Crippen molar-refractivity contribution >= 4 is 21.5 Å². The van der Waals surface area contributed by atoms with E-state index >= 15 is 0 Å². The standard InChI is InChI=1S/C23H24N2O4S/c24-15-23(26)21-11-13-22(14-12-21)25(16-19-7-3-1-4-8-19)30(27,28)18-29-17-20-9-5-2-6-10-20/h1-14H,15-18,24H2. The maximum absolute atomic E-state index is 13.1. The van der Waals surface area contributed by atoms with Crippen molar-refractivity contribution in [3.05, 3.63) is 102 Å². The second kappa shape index (κ2) is 10.2. The lowest BCUT2D eigenvalue weighted by Crippen LogP contribution is -2.33. The van der Waals surface area contributed by atoms with Gasteiger partial charge in [0.2, 0.25) is 0 Å². The number of carbonyl (C=O) groups is 1. The number of ether oxygens (including phenoxy) is 1. The minimum atomic E-state index is -3.78. The number of nitrogens with zero attached hydrogens (tertiary/aromatic N) is 1. The van der Waals surface area contributed by atoms with Gasteiger partial charge in [0.25, 0.3) is 10.0 Å². The number of hydrogen-bond acceptors (Lipinski definition) is 5. The van der Waals surface area contributed by atoms with E-state index in [-0.39, 0.29) is 25.5 Å². The first-order chi connectivity index (χ1) is 14.5. The summed E-state index contributed by atoms with van der Waals surface area (Å²) >= 11 is 0. The van der Waals surface area contributed by atoms with Crippen LogP contribution in [0.1, 0.15) is 21.5 Å². The number of rotatable bonds is 10. The highest BCUT2D eigenvalue weighted by molar-refractivity contribution is 7.92. The van der Waals surface area contributed by atoms with Crippen LogP contribution in [-0.4, -0.2) is 26.7 Å². The van der Waals surface area contributed by atoms with Gasteiger partial charge in [-0.05, 0) is 35.4 Å². The fourth-order valence-corrected chi connectivity index (χ4v) is 4.14. The summed E-state index contributed by atoms with van der Waals surface area (Å²) in [6, 6.07) is 25.1. The molecular weight excluding hydrogens is 400 g/mol. The molecule has 3 rings (SSSR count). The van der Waals surface area contributed by atoms with E-state index in [1.54, 1.807) is 24.3 Å². The van der Waals surface area contributed by atoms with Crippen LogP contribution in [0.25, 0.3) is 0 Å². The molecule has 0 radical (unpaired) electrons. The Bertz CT molecular complexity index is 1050. The molecule has 0 saturated heterocycles. The second-order valence-corrected chi connectivity index (χ2v) is 8.57. The fourth-order valence-electron chi connectivity index (χ4n) is 2.93. The van der Waals surface area contributed by atoms with Gasteiger partial charge in [0, 0.05) is 5.56 Å². The number of anilines is 1. The van der Waals surface area contributed by atoms with Gasteiger partial charge < -0.3 is 10.5 Å². The van der Waals surface area contributed by atoms with Gasteiger partial charge in [-0.2, -0.15) is 0 Å². The molecule has 0 aliphatic carbocycles. The van der Waals surface area contributed by atoms with E-state index in [1.807, 2.05) is 60.7 Å². The van der Waals surface area contributed by atoms with Gasteiger partial charge in [-0.15, -0.1) is 0 Å². The van der Waals surface area contributed by atoms with Crippen LogP contribution in [0, 0.1) is 0 Å². The highest BCUT2D eigenvalue weighted by Gasteiger charge is 2.23. The predicted octanol–water partition coefficient (Wildman–Crippen LogP) is 3.34. The van der Waals surface area contributed by atoms with E-state index in [2.05, 4.69) is 0 Å². The Hall–Kier alpha value is -3.00. The molecule has 0 aliphatic heterocycles. The summed E-state index contributed by atoms with van der Waals surface area (Å²) in [4.78, 5) is 11.8. The fraction of sp³-hybridized carbons (Fsp3) is 0.174. The summed E-state index contributed by atoms with van der Waals surface area (Å²) in [5.74, 6) is -0.664. The summed E-state index contributed by atoms with van der Waals surface area (Å²) in [7, 11) is -3.78. The molecular formula is C23H24N2O4S. The molecule has 30 heavy (non-hydrogen) atoms. The first-order valence-electron chi connectivity index (χ1n) is 9.49. The normalized spacial score (nSPS) is 11.2. The van der Waals surface area contributed by atoms with Crippen molar-refractivity contribution in [2.45, 2.75) is 13.2 Å². The van der Waals surface area contributed by atoms with Crippen molar-refractivity contribution in [3.63, 3.8) is 0 Å². The zero-order valence-corrected chi connectivity index (χ0v) is 17.3. The molecule has 2 N–H and O–H groups in total. The summed E-state index contributed by atoms with van der Waals surface area (Å²) in [5, 5.41) is 0. The number of sulfonamides is 1. The number of carbonyl (C=O) groups excluding carboxylic acids is 1. The molecule has 7 heteroatoms. The van der Waals surface area contributed by atoms with Crippen molar-refractivity contribution in [2.24, 2.45) is 5.73 Å². The average Bonchev–Trinajstić information content (AvgIpc) is 2.78. The molecule has 156 valence electrons. The highest BCUT2D eigenvalue weighted by Crippen LogP contribution is 2.23. The summed E-state index contributed by atoms with van der Waals surface area (Å²) in [6.07, 6.45) is 0. The minimum absolute atomic E-state index is 0.0985. The molecule has 0 heterocycles. The third-order valence-electron chi connectivity index (χ3n) is 4.51. The third-order valence-corrected chi connectivity index (χ3v) is 5.99. The first kappa shape index (κ1) is 21.7. The predicted molar refractivity (Wildman–Crippen MR) is 117 cm³/mol. The Morgan fingerprint density at radius 2 is 1.40 bits per heavy atom. The largest absolute Gasteiger partial charge is 0.359 e. The van der Waals surface area contributed by atoms with Crippen LogP contribution in [0.2, 0.25) is 0 Å². The van der Waals surface area contributed by atoms with Crippen molar-refractivity contribution < 1.29 is 17.9 Å². The minimum Gasteiger partial charge on any atom is -0.359 e. The molecule has 0 bridgehead atoms. The Morgan fingerprint density at radius 3 is 1.97 bits per heavy atom. The monoisotopic (exact) mass is 424 g/mol. The average molecular weight is 425 g/mol. The molecule has 0 aliphatic rings. The molecule has 0 spiro atoms. The molecule has 0 fully saturated rings. The van der Waals surface area contributed by atoms with Gasteiger partial charge in [0.15, 0.2) is 11.7 Å². The number of benzene rings is 3. The van der Waals surface area contributed by atoms with E-state index in [1.165, 1.54) is 4.31 Å². The topological polar surface area (TPSA) is 89.7 Å². The van der Waals surface area contributed by atoms with Crippen LogP contribution in [0.5, 0.6) is 0 Å². The molecule has 0 amide bonds. The van der Waals surface area contributed by atoms with Crippen molar-refractivity contribution in [2.75, 3.05) is 16.8 Å². The molecule has 0 saturated carbocycles. The van der Waals surface area contributed by atoms with Crippen LogP contribution >= 0.6 is 0 Å². The Balaban J connectivity index is 1.81. The zero-order chi connectivity index (χ0) is 21.4. The number of ketones is 1. The molecule has 3 aromatic carbocycles. The van der Waals surface area contributed by atoms with E-state index in [0.29, 0.717) is 11.3 Å². The van der Waals surface area contributed by atoms with Crippen molar-refractivity contribution in [1.82, 2.24) is 0 Å². The van der Waals surface area contributed by atoms with Crippen LogP contribution < -0.4 is 10.0 Å². The smallest absolute Gasteiger partial charge is 0.259 e. The summed E-state index contributed by atoms with van der Waals surface area (Å²) in [6.45, 7) is 0.254. The maximum Gasteiger partial charge on any atom is 0.259 e. The quantitative estimate of drug-likeness (QED) is 0.504. The lowest BCUT2D eigenvalue weighted by Gasteiger charge is -2.25. The molecule has 0 atom stereocenters. The Kier molecular flexibility index (Phi) is 7.35. The van der Waals surface area contributed by atoms with Gasteiger partial charge in [-0.3, -0.25) is 9.10 Å². The van der Waals surface area contributed by atoms with Gasteiger partial charge in [-0.1, -0.05) is 60.7 Å². The zero-order valence-electron chi connectivity index (χ0n) is 16.5. The van der Waals surface area contributed by atoms with E-state index < -0.39 is 16.0 Å². The van der Waals surface area contributed by atoms with Gasteiger partial charge in [-0.25, -0.2) is 8.42 Å². The van der Waals surface area contributed by atoms with E-state index in [4.69, 9.17) is 10.5 Å². The molecule has 0 aromatic heterocycles. The lowest BCUT2D eigenvalue weighted by molar-refractivity contribution is 0.100. The van der Waals surface area contributed by atoms with Crippen LogP contribution in [0.3, 0.4) is 0 Å². The SMILES string of the molecule is NCC(=O)c1ccc(N(Cc2ccccc2)S(=O)(=O)COCc2ccccc2)cc1. The van der Waals surface area contributed by atoms with Gasteiger partial charge in [0.05, 0.1) is 25.4 Å². The maximum atomic E-state index is 13.1. The van der Waals surface area contributed by atoms with Gasteiger partial charge >= 0.3 is 0 Å². The first-order valence-corrected chi connectivity index (χ1v) is 11.1. The van der Waals surface area contributed by atoms with Gasteiger partial charge in [0.1, 0.15) is 0 Å². The lowest BCUT2D eigenvalue weighted by atomic mass is 10.1. The highest BCUT2D eigenvalue weighted by atomic mass is 32.2. The molecule has 3 aromatic rings. The third kappa shape index (κ3) is 5.76. The molecule has 0 unspecified atom stereocenters.